The summed E-state index contributed by atoms with van der Waals surface area (Å²) in [5.74, 6) is 0.275. The summed E-state index contributed by atoms with van der Waals surface area (Å²) < 4.78 is 0. The van der Waals surface area contributed by atoms with E-state index in [-0.39, 0.29) is 5.91 Å². The van der Waals surface area contributed by atoms with Crippen LogP contribution in [0.5, 0.6) is 0 Å². The second-order valence-corrected chi connectivity index (χ2v) is 9.91. The van der Waals surface area contributed by atoms with Gasteiger partial charge in [0.2, 0.25) is 5.91 Å². The van der Waals surface area contributed by atoms with Gasteiger partial charge in [-0.05, 0) is 64.5 Å². The number of hydrogen-bond donors (Lipinski definition) is 2. The SMILES string of the molecule is Cc1sc2ncnc(SCC(=O)Nc3ccccc3NC3CCN(C)CC3)c2c1C. The number of nitrogens with one attached hydrogen (secondary N) is 2. The highest BCUT2D eigenvalue weighted by Crippen LogP contribution is 2.34. The first-order valence-electron chi connectivity index (χ1n) is 10.2. The number of thiophene rings is 1. The number of para-hydroxylation sites is 2. The molecule has 1 aliphatic rings. The predicted octanol–water partition coefficient (Wildman–Crippen LogP) is 4.55. The molecule has 1 amide bonds. The number of benzene rings is 1. The van der Waals surface area contributed by atoms with Gasteiger partial charge in [0.25, 0.3) is 0 Å². The number of nitrogens with zero attached hydrogens (tertiary/aromatic N) is 3. The first-order chi connectivity index (χ1) is 14.5. The van der Waals surface area contributed by atoms with Crippen molar-refractivity contribution in [3.05, 3.63) is 41.0 Å². The van der Waals surface area contributed by atoms with Gasteiger partial charge in [-0.2, -0.15) is 0 Å². The maximum absolute atomic E-state index is 12.7. The fraction of sp³-hybridized carbons (Fsp3) is 0.409. The number of hydrogen-bond acceptors (Lipinski definition) is 7. The quantitative estimate of drug-likeness (QED) is 0.432. The Morgan fingerprint density at radius 1 is 1.20 bits per heavy atom. The zero-order valence-electron chi connectivity index (χ0n) is 17.6. The summed E-state index contributed by atoms with van der Waals surface area (Å²) in [6.45, 7) is 6.37. The van der Waals surface area contributed by atoms with Crippen molar-refractivity contribution < 1.29 is 4.79 Å². The average Bonchev–Trinajstić information content (AvgIpc) is 3.04. The molecule has 3 aromatic rings. The molecule has 1 aromatic carbocycles. The largest absolute Gasteiger partial charge is 0.381 e. The molecule has 158 valence electrons. The van der Waals surface area contributed by atoms with Crippen LogP contribution in [-0.4, -0.2) is 52.7 Å². The van der Waals surface area contributed by atoms with Gasteiger partial charge >= 0.3 is 0 Å². The molecule has 3 heterocycles. The van der Waals surface area contributed by atoms with Crippen LogP contribution >= 0.6 is 23.1 Å². The Hall–Kier alpha value is -2.16. The van der Waals surface area contributed by atoms with Crippen LogP contribution in [0.1, 0.15) is 23.3 Å². The van der Waals surface area contributed by atoms with E-state index >= 15 is 0 Å². The van der Waals surface area contributed by atoms with Crippen molar-refractivity contribution in [2.24, 2.45) is 0 Å². The second kappa shape index (κ2) is 9.32. The van der Waals surface area contributed by atoms with Gasteiger partial charge in [-0.25, -0.2) is 9.97 Å². The first-order valence-corrected chi connectivity index (χ1v) is 12.0. The maximum Gasteiger partial charge on any atom is 0.234 e. The minimum atomic E-state index is -0.0333. The molecule has 0 unspecified atom stereocenters. The van der Waals surface area contributed by atoms with Gasteiger partial charge in [0.1, 0.15) is 16.2 Å². The number of fused-ring (bicyclic) bond motifs is 1. The van der Waals surface area contributed by atoms with E-state index in [1.54, 1.807) is 17.7 Å². The van der Waals surface area contributed by atoms with Crippen LogP contribution in [0.2, 0.25) is 0 Å². The molecule has 0 radical (unpaired) electrons. The Morgan fingerprint density at radius 3 is 2.70 bits per heavy atom. The van der Waals surface area contributed by atoms with Crippen molar-refractivity contribution in [2.45, 2.75) is 37.8 Å². The molecule has 8 heteroatoms. The van der Waals surface area contributed by atoms with Gasteiger partial charge in [-0.1, -0.05) is 23.9 Å². The van der Waals surface area contributed by atoms with E-state index in [0.717, 1.165) is 52.5 Å². The Balaban J connectivity index is 1.40. The molecular formula is C22H27N5OS2. The number of carbonyl (C=O) groups is 1. The average molecular weight is 442 g/mol. The number of aromatic nitrogens is 2. The highest BCUT2D eigenvalue weighted by Gasteiger charge is 2.18. The summed E-state index contributed by atoms with van der Waals surface area (Å²) in [6, 6.07) is 8.38. The summed E-state index contributed by atoms with van der Waals surface area (Å²) in [4.78, 5) is 26.1. The molecule has 1 fully saturated rings. The van der Waals surface area contributed by atoms with Crippen molar-refractivity contribution >= 4 is 50.6 Å². The summed E-state index contributed by atoms with van der Waals surface area (Å²) in [5, 5.41) is 8.63. The topological polar surface area (TPSA) is 70.1 Å². The first kappa shape index (κ1) is 21.1. The number of aryl methyl sites for hydroxylation is 2. The van der Waals surface area contributed by atoms with Gasteiger partial charge in [0, 0.05) is 16.3 Å². The molecule has 4 rings (SSSR count). The third-order valence-electron chi connectivity index (χ3n) is 5.55. The lowest BCUT2D eigenvalue weighted by Crippen LogP contribution is -2.36. The van der Waals surface area contributed by atoms with Gasteiger partial charge in [0.15, 0.2) is 0 Å². The molecule has 0 spiro atoms. The molecule has 2 aromatic heterocycles. The molecular weight excluding hydrogens is 414 g/mol. The van der Waals surface area contributed by atoms with Crippen molar-refractivity contribution in [1.29, 1.82) is 0 Å². The second-order valence-electron chi connectivity index (χ2n) is 7.75. The van der Waals surface area contributed by atoms with E-state index in [2.05, 4.69) is 46.4 Å². The fourth-order valence-corrected chi connectivity index (χ4v) is 5.59. The van der Waals surface area contributed by atoms with E-state index in [1.807, 2.05) is 24.3 Å². The van der Waals surface area contributed by atoms with E-state index in [9.17, 15) is 4.79 Å². The Labute approximate surface area is 185 Å². The Bertz CT molecular complexity index is 1040. The van der Waals surface area contributed by atoms with Gasteiger partial charge in [-0.3, -0.25) is 4.79 Å². The van der Waals surface area contributed by atoms with Crippen LogP contribution in [0, 0.1) is 13.8 Å². The van der Waals surface area contributed by atoms with Crippen molar-refractivity contribution in [1.82, 2.24) is 14.9 Å². The number of amides is 1. The zero-order chi connectivity index (χ0) is 21.1. The molecule has 0 saturated carbocycles. The number of rotatable bonds is 6. The third kappa shape index (κ3) is 4.77. The van der Waals surface area contributed by atoms with Crippen LogP contribution < -0.4 is 10.6 Å². The third-order valence-corrected chi connectivity index (χ3v) is 7.65. The minimum absolute atomic E-state index is 0.0333. The smallest absolute Gasteiger partial charge is 0.234 e. The highest BCUT2D eigenvalue weighted by atomic mass is 32.2. The van der Waals surface area contributed by atoms with E-state index in [0.29, 0.717) is 11.8 Å². The zero-order valence-corrected chi connectivity index (χ0v) is 19.2. The summed E-state index contributed by atoms with van der Waals surface area (Å²) in [6.07, 6.45) is 3.80. The molecule has 0 bridgehead atoms. The Kier molecular flexibility index (Phi) is 6.55. The van der Waals surface area contributed by atoms with Gasteiger partial charge < -0.3 is 15.5 Å². The van der Waals surface area contributed by atoms with Crippen molar-refractivity contribution in [3.8, 4) is 0 Å². The maximum atomic E-state index is 12.7. The summed E-state index contributed by atoms with van der Waals surface area (Å²) in [5.41, 5.74) is 3.02. The monoisotopic (exact) mass is 441 g/mol. The number of carbonyl (C=O) groups excluding carboxylic acids is 1. The van der Waals surface area contributed by atoms with Gasteiger partial charge in [0.05, 0.1) is 17.1 Å². The molecule has 1 saturated heterocycles. The molecule has 0 aliphatic carbocycles. The van der Waals surface area contributed by atoms with Crippen LogP contribution in [0.15, 0.2) is 35.6 Å². The van der Waals surface area contributed by atoms with Crippen molar-refractivity contribution in [3.63, 3.8) is 0 Å². The van der Waals surface area contributed by atoms with Crippen LogP contribution in [0.25, 0.3) is 10.2 Å². The predicted molar refractivity (Wildman–Crippen MR) is 127 cm³/mol. The Morgan fingerprint density at radius 2 is 1.93 bits per heavy atom. The molecule has 30 heavy (non-hydrogen) atoms. The number of anilines is 2. The minimum Gasteiger partial charge on any atom is -0.381 e. The number of thioether (sulfide) groups is 1. The number of piperidine rings is 1. The van der Waals surface area contributed by atoms with E-state index in [4.69, 9.17) is 0 Å². The lowest BCUT2D eigenvalue weighted by atomic mass is 10.0. The summed E-state index contributed by atoms with van der Waals surface area (Å²) >= 11 is 3.14. The molecule has 0 atom stereocenters. The van der Waals surface area contributed by atoms with Crippen LogP contribution in [0.4, 0.5) is 11.4 Å². The van der Waals surface area contributed by atoms with Crippen LogP contribution in [-0.2, 0) is 4.79 Å². The number of likely N-dealkylation sites (tertiary alicyclic amines) is 1. The molecule has 6 nitrogen and oxygen atoms in total. The standard InChI is InChI=1S/C22H27N5OS2/c1-14-15(2)30-22-20(14)21(23-13-24-22)29-12-19(28)26-18-7-5-4-6-17(18)25-16-8-10-27(3)11-9-16/h4-7,13,16,25H,8-12H2,1-3H3,(H,26,28). The summed E-state index contributed by atoms with van der Waals surface area (Å²) in [7, 11) is 2.16. The lowest BCUT2D eigenvalue weighted by molar-refractivity contribution is -0.113. The van der Waals surface area contributed by atoms with E-state index < -0.39 is 0 Å². The molecule has 1 aliphatic heterocycles. The highest BCUT2D eigenvalue weighted by molar-refractivity contribution is 8.00. The lowest BCUT2D eigenvalue weighted by Gasteiger charge is -2.30. The molecule has 2 N–H and O–H groups in total. The van der Waals surface area contributed by atoms with Crippen LogP contribution in [0.3, 0.4) is 0 Å². The van der Waals surface area contributed by atoms with Crippen molar-refractivity contribution in [2.75, 3.05) is 36.5 Å². The normalized spacial score (nSPS) is 15.4. The van der Waals surface area contributed by atoms with Gasteiger partial charge in [-0.15, -0.1) is 11.3 Å². The fourth-order valence-electron chi connectivity index (χ4n) is 3.67. The van der Waals surface area contributed by atoms with E-state index in [1.165, 1.54) is 22.2 Å².